The third kappa shape index (κ3) is 4.43. The van der Waals surface area contributed by atoms with Crippen molar-refractivity contribution in [1.29, 1.82) is 0 Å². The van der Waals surface area contributed by atoms with Crippen LogP contribution in [0.1, 0.15) is 12.5 Å². The molecule has 0 aromatic heterocycles. The van der Waals surface area contributed by atoms with E-state index in [0.717, 1.165) is 0 Å². The van der Waals surface area contributed by atoms with Gasteiger partial charge in [0, 0.05) is 15.6 Å². The summed E-state index contributed by atoms with van der Waals surface area (Å²) in [6, 6.07) is 20.2. The van der Waals surface area contributed by atoms with Crippen molar-refractivity contribution in [2.75, 3.05) is 10.9 Å². The highest BCUT2D eigenvalue weighted by Gasteiger charge is 2.26. The normalized spacial score (nSPS) is 11.2. The molecule has 0 heterocycles. The van der Waals surface area contributed by atoms with Crippen LogP contribution < -0.4 is 9.04 Å². The molecule has 0 saturated heterocycles. The van der Waals surface area contributed by atoms with E-state index in [1.165, 1.54) is 4.31 Å². The second-order valence-electron chi connectivity index (χ2n) is 5.95. The van der Waals surface area contributed by atoms with Crippen LogP contribution in [-0.4, -0.2) is 15.0 Å². The third-order valence-electron chi connectivity index (χ3n) is 4.13. The minimum absolute atomic E-state index is 0.00369. The molecule has 0 aliphatic heterocycles. The zero-order chi connectivity index (χ0) is 20.1. The van der Waals surface area contributed by atoms with E-state index >= 15 is 0 Å². The van der Waals surface area contributed by atoms with Gasteiger partial charge in [0.25, 0.3) is 10.0 Å². The van der Waals surface area contributed by atoms with Crippen LogP contribution in [0.15, 0.2) is 77.7 Å². The van der Waals surface area contributed by atoms with Gasteiger partial charge in [-0.05, 0) is 55.5 Å². The van der Waals surface area contributed by atoms with Gasteiger partial charge in [0.2, 0.25) is 0 Å². The third-order valence-corrected chi connectivity index (χ3v) is 6.63. The number of benzene rings is 3. The first kappa shape index (κ1) is 20.5. The van der Waals surface area contributed by atoms with Crippen LogP contribution in [0, 0.1) is 0 Å². The predicted octanol–water partition coefficient (Wildman–Crippen LogP) is 5.79. The fourth-order valence-corrected chi connectivity index (χ4v) is 4.71. The van der Waals surface area contributed by atoms with Gasteiger partial charge in [-0.1, -0.05) is 47.5 Å². The van der Waals surface area contributed by atoms with Crippen molar-refractivity contribution < 1.29 is 13.2 Å². The Kier molecular flexibility index (Phi) is 6.50. The number of halogens is 2. The number of anilines is 1. The van der Waals surface area contributed by atoms with Crippen LogP contribution in [-0.2, 0) is 16.6 Å². The van der Waals surface area contributed by atoms with E-state index in [1.807, 2.05) is 6.92 Å². The van der Waals surface area contributed by atoms with Crippen molar-refractivity contribution >= 4 is 38.9 Å². The summed E-state index contributed by atoms with van der Waals surface area (Å²) in [6.07, 6.45) is 0. The van der Waals surface area contributed by atoms with Crippen molar-refractivity contribution in [3.05, 3.63) is 88.4 Å². The molecule has 7 heteroatoms. The first-order chi connectivity index (χ1) is 13.4. The second kappa shape index (κ2) is 8.86. The Hall–Kier alpha value is -2.21. The molecule has 0 radical (unpaired) electrons. The highest BCUT2D eigenvalue weighted by atomic mass is 35.5. The van der Waals surface area contributed by atoms with Crippen molar-refractivity contribution in [3.63, 3.8) is 0 Å². The van der Waals surface area contributed by atoms with E-state index in [0.29, 0.717) is 33.7 Å². The Morgan fingerprint density at radius 3 is 2.04 bits per heavy atom. The average molecular weight is 436 g/mol. The molecule has 0 saturated carbocycles. The number of hydrogen-bond acceptors (Lipinski definition) is 3. The van der Waals surface area contributed by atoms with Gasteiger partial charge in [0.1, 0.15) is 5.75 Å². The van der Waals surface area contributed by atoms with Crippen LogP contribution in [0.4, 0.5) is 5.69 Å². The van der Waals surface area contributed by atoms with Gasteiger partial charge in [-0.2, -0.15) is 0 Å². The van der Waals surface area contributed by atoms with Crippen LogP contribution in [0.2, 0.25) is 10.0 Å². The summed E-state index contributed by atoms with van der Waals surface area (Å²) in [5, 5.41) is 0.818. The fourth-order valence-electron chi connectivity index (χ4n) is 2.74. The molecule has 3 rings (SSSR count). The highest BCUT2D eigenvalue weighted by molar-refractivity contribution is 7.92. The van der Waals surface area contributed by atoms with E-state index < -0.39 is 10.0 Å². The van der Waals surface area contributed by atoms with Crippen LogP contribution in [0.5, 0.6) is 5.75 Å². The zero-order valence-corrected chi connectivity index (χ0v) is 17.5. The summed E-state index contributed by atoms with van der Waals surface area (Å²) < 4.78 is 33.5. The maximum absolute atomic E-state index is 13.4. The monoisotopic (exact) mass is 435 g/mol. The SMILES string of the molecule is CCOc1ccc(N(Cc2c(Cl)cccc2Cl)S(=O)(=O)c2ccccc2)cc1. The molecule has 0 N–H and O–H groups in total. The molecule has 3 aromatic carbocycles. The lowest BCUT2D eigenvalue weighted by atomic mass is 10.2. The zero-order valence-electron chi connectivity index (χ0n) is 15.2. The summed E-state index contributed by atoms with van der Waals surface area (Å²) in [6.45, 7) is 2.42. The summed E-state index contributed by atoms with van der Waals surface area (Å²) in [7, 11) is -3.84. The number of ether oxygens (including phenoxy) is 1. The molecular weight excluding hydrogens is 417 g/mol. The Morgan fingerprint density at radius 1 is 0.857 bits per heavy atom. The number of nitrogens with zero attached hydrogens (tertiary/aromatic N) is 1. The summed E-state index contributed by atoms with van der Waals surface area (Å²) in [5.41, 5.74) is 1.03. The molecule has 0 aliphatic rings. The van der Waals surface area contributed by atoms with E-state index in [4.69, 9.17) is 27.9 Å². The Bertz CT molecular complexity index is 1020. The molecule has 4 nitrogen and oxygen atoms in total. The van der Waals surface area contributed by atoms with Gasteiger partial charge in [-0.3, -0.25) is 4.31 Å². The van der Waals surface area contributed by atoms with E-state index in [9.17, 15) is 8.42 Å². The van der Waals surface area contributed by atoms with Gasteiger partial charge < -0.3 is 4.74 Å². The Balaban J connectivity index is 2.08. The molecule has 0 unspecified atom stereocenters. The molecule has 0 fully saturated rings. The van der Waals surface area contributed by atoms with Crippen LogP contribution >= 0.6 is 23.2 Å². The number of hydrogen-bond donors (Lipinski definition) is 0. The second-order valence-corrected chi connectivity index (χ2v) is 8.63. The van der Waals surface area contributed by atoms with E-state index in [1.54, 1.807) is 72.8 Å². The van der Waals surface area contributed by atoms with E-state index in [2.05, 4.69) is 0 Å². The highest BCUT2D eigenvalue weighted by Crippen LogP contribution is 2.32. The first-order valence-electron chi connectivity index (χ1n) is 8.67. The molecule has 0 aliphatic carbocycles. The summed E-state index contributed by atoms with van der Waals surface area (Å²) in [5.74, 6) is 0.666. The Morgan fingerprint density at radius 2 is 1.46 bits per heavy atom. The topological polar surface area (TPSA) is 46.6 Å². The summed E-state index contributed by atoms with van der Waals surface area (Å²) >= 11 is 12.6. The smallest absolute Gasteiger partial charge is 0.264 e. The van der Waals surface area contributed by atoms with Gasteiger partial charge in [-0.15, -0.1) is 0 Å². The minimum atomic E-state index is -3.84. The van der Waals surface area contributed by atoms with Gasteiger partial charge >= 0.3 is 0 Å². The molecule has 0 bridgehead atoms. The maximum Gasteiger partial charge on any atom is 0.264 e. The lowest BCUT2D eigenvalue weighted by Gasteiger charge is -2.26. The molecule has 0 amide bonds. The van der Waals surface area contributed by atoms with Gasteiger partial charge in [-0.25, -0.2) is 8.42 Å². The molecule has 3 aromatic rings. The maximum atomic E-state index is 13.4. The number of rotatable bonds is 7. The minimum Gasteiger partial charge on any atom is -0.494 e. The lowest BCUT2D eigenvalue weighted by Crippen LogP contribution is -2.30. The standard InChI is InChI=1S/C21H19Cl2NO3S/c1-2-27-17-13-11-16(12-14-17)24(15-19-20(22)9-6-10-21(19)23)28(25,26)18-7-4-3-5-8-18/h3-14H,2,15H2,1H3. The van der Waals surface area contributed by atoms with Crippen molar-refractivity contribution in [2.45, 2.75) is 18.4 Å². The van der Waals surface area contributed by atoms with Gasteiger partial charge in [0.15, 0.2) is 0 Å². The quantitative estimate of drug-likeness (QED) is 0.471. The van der Waals surface area contributed by atoms with Crippen molar-refractivity contribution in [1.82, 2.24) is 0 Å². The van der Waals surface area contributed by atoms with Gasteiger partial charge in [0.05, 0.1) is 23.7 Å². The van der Waals surface area contributed by atoms with Crippen LogP contribution in [0.3, 0.4) is 0 Å². The molecule has 0 spiro atoms. The largest absolute Gasteiger partial charge is 0.494 e. The average Bonchev–Trinajstić information content (AvgIpc) is 2.69. The predicted molar refractivity (Wildman–Crippen MR) is 114 cm³/mol. The molecule has 146 valence electrons. The van der Waals surface area contributed by atoms with Crippen LogP contribution in [0.25, 0.3) is 0 Å². The molecule has 28 heavy (non-hydrogen) atoms. The lowest BCUT2D eigenvalue weighted by molar-refractivity contribution is 0.340. The number of sulfonamides is 1. The Labute approximate surface area is 175 Å². The molecular formula is C21H19Cl2NO3S. The van der Waals surface area contributed by atoms with Crippen molar-refractivity contribution in [2.24, 2.45) is 0 Å². The molecule has 0 atom stereocenters. The van der Waals surface area contributed by atoms with E-state index in [-0.39, 0.29) is 11.4 Å². The summed E-state index contributed by atoms with van der Waals surface area (Å²) in [4.78, 5) is 0.187. The van der Waals surface area contributed by atoms with Crippen molar-refractivity contribution in [3.8, 4) is 5.75 Å². The fraction of sp³-hybridized carbons (Fsp3) is 0.143. The first-order valence-corrected chi connectivity index (χ1v) is 10.9.